The van der Waals surface area contributed by atoms with Gasteiger partial charge < -0.3 is 14.7 Å². The Kier molecular flexibility index (Phi) is 3.98. The van der Waals surface area contributed by atoms with Gasteiger partial charge in [0.15, 0.2) is 5.71 Å². The predicted octanol–water partition coefficient (Wildman–Crippen LogP) is -0.194. The minimum absolute atomic E-state index is 0.142. The second-order valence-corrected chi connectivity index (χ2v) is 5.10. The minimum Gasteiger partial charge on any atom is -0.477 e. The maximum absolute atomic E-state index is 11.9. The van der Waals surface area contributed by atoms with E-state index in [0.29, 0.717) is 11.3 Å². The van der Waals surface area contributed by atoms with Crippen LogP contribution in [0.5, 0.6) is 0 Å². The van der Waals surface area contributed by atoms with E-state index in [4.69, 9.17) is 4.74 Å². The van der Waals surface area contributed by atoms with Crippen LogP contribution in [-0.2, 0) is 24.0 Å². The lowest BCUT2D eigenvalue weighted by molar-refractivity contribution is -0.141. The van der Waals surface area contributed by atoms with Crippen LogP contribution < -0.4 is 0 Å². The van der Waals surface area contributed by atoms with E-state index >= 15 is 0 Å². The maximum Gasteiger partial charge on any atom is 0.352 e. The lowest BCUT2D eigenvalue weighted by Crippen LogP contribution is -2.62. The lowest BCUT2D eigenvalue weighted by atomic mass is 10.1. The fraction of sp³-hybridized carbons (Fsp3) is 0.455. The van der Waals surface area contributed by atoms with Crippen LogP contribution >= 0.6 is 11.8 Å². The van der Waals surface area contributed by atoms with Gasteiger partial charge in [-0.05, 0) is 0 Å². The van der Waals surface area contributed by atoms with Gasteiger partial charge in [0, 0.05) is 18.2 Å². The van der Waals surface area contributed by atoms with E-state index in [1.54, 1.807) is 0 Å². The van der Waals surface area contributed by atoms with Gasteiger partial charge in [-0.2, -0.15) is 0 Å². The average Bonchev–Trinajstić information content (AvgIpc) is 2.40. The molecule has 1 N–H and O–H groups in total. The molecule has 1 saturated heterocycles. The number of aliphatic carboxylic acids is 1. The second kappa shape index (κ2) is 5.53. The first-order valence-corrected chi connectivity index (χ1v) is 6.67. The molecular formula is C11H12N2O6S. The van der Waals surface area contributed by atoms with Crippen LogP contribution in [0.25, 0.3) is 0 Å². The van der Waals surface area contributed by atoms with E-state index in [2.05, 4.69) is 9.99 Å². The zero-order valence-electron chi connectivity index (χ0n) is 10.8. The molecule has 0 unspecified atom stereocenters. The molecule has 108 valence electrons. The third kappa shape index (κ3) is 2.36. The zero-order valence-corrected chi connectivity index (χ0v) is 11.6. The van der Waals surface area contributed by atoms with Crippen molar-refractivity contribution in [3.63, 3.8) is 0 Å². The minimum atomic E-state index is -1.23. The molecule has 0 aromatic rings. The number of thioether (sulfide) groups is 1. The SMILES string of the molecule is CON=C1C(=O)N2C(C(=O)O)=C(COC(C)=O)CS[C@H]12. The van der Waals surface area contributed by atoms with Gasteiger partial charge in [-0.25, -0.2) is 4.79 Å². The summed E-state index contributed by atoms with van der Waals surface area (Å²) in [4.78, 5) is 39.7. The average molecular weight is 300 g/mol. The van der Waals surface area contributed by atoms with Crippen LogP contribution in [0.3, 0.4) is 0 Å². The molecule has 9 heteroatoms. The van der Waals surface area contributed by atoms with Gasteiger partial charge in [-0.15, -0.1) is 11.8 Å². The van der Waals surface area contributed by atoms with E-state index in [9.17, 15) is 19.5 Å². The van der Waals surface area contributed by atoms with Crippen molar-refractivity contribution in [3.8, 4) is 0 Å². The number of nitrogens with zero attached hydrogens (tertiary/aromatic N) is 2. The molecule has 2 aliphatic heterocycles. The third-order valence-electron chi connectivity index (χ3n) is 2.74. The predicted molar refractivity (Wildman–Crippen MR) is 68.8 cm³/mol. The summed E-state index contributed by atoms with van der Waals surface area (Å²) in [5, 5.41) is 12.4. The first-order valence-electron chi connectivity index (χ1n) is 5.62. The lowest BCUT2D eigenvalue weighted by Gasteiger charge is -2.43. The normalized spacial score (nSPS) is 23.3. The van der Waals surface area contributed by atoms with Crippen LogP contribution in [0, 0.1) is 0 Å². The van der Waals surface area contributed by atoms with Crippen LogP contribution in [-0.4, -0.2) is 58.4 Å². The Balaban J connectivity index is 2.28. The topological polar surface area (TPSA) is 106 Å². The molecule has 0 radical (unpaired) electrons. The standard InChI is InChI=1S/C11H12N2O6S/c1-5(14)19-3-6-4-20-10-7(12-18-2)9(15)13(10)8(6)11(16)17/h10H,3-4H2,1-2H3,(H,16,17)/t10-/m1/s1. The van der Waals surface area contributed by atoms with Crippen LogP contribution in [0.4, 0.5) is 0 Å². The van der Waals surface area contributed by atoms with E-state index in [1.165, 1.54) is 25.8 Å². The molecule has 1 fully saturated rings. The Bertz CT molecular complexity index is 541. The molecule has 1 atom stereocenters. The largest absolute Gasteiger partial charge is 0.477 e. The van der Waals surface area contributed by atoms with Crippen molar-refractivity contribution in [2.75, 3.05) is 19.5 Å². The summed E-state index contributed by atoms with van der Waals surface area (Å²) < 4.78 is 4.81. The molecule has 8 nitrogen and oxygen atoms in total. The molecule has 0 saturated carbocycles. The van der Waals surface area contributed by atoms with Gasteiger partial charge in [0.2, 0.25) is 0 Å². The number of oxime groups is 1. The number of hydrogen-bond donors (Lipinski definition) is 1. The monoisotopic (exact) mass is 300 g/mol. The fourth-order valence-corrected chi connectivity index (χ4v) is 3.15. The van der Waals surface area contributed by atoms with Crippen molar-refractivity contribution in [2.45, 2.75) is 12.3 Å². The Hall–Kier alpha value is -2.03. The van der Waals surface area contributed by atoms with Crippen molar-refractivity contribution in [1.82, 2.24) is 4.90 Å². The van der Waals surface area contributed by atoms with Crippen molar-refractivity contribution in [1.29, 1.82) is 0 Å². The number of ether oxygens (including phenoxy) is 1. The molecule has 0 aromatic carbocycles. The Morgan fingerprint density at radius 3 is 2.80 bits per heavy atom. The van der Waals surface area contributed by atoms with Gasteiger partial charge in [0.25, 0.3) is 5.91 Å². The molecule has 2 heterocycles. The highest BCUT2D eigenvalue weighted by atomic mass is 32.2. The summed E-state index contributed by atoms with van der Waals surface area (Å²) in [7, 11) is 1.32. The van der Waals surface area contributed by atoms with Crippen molar-refractivity contribution >= 4 is 35.3 Å². The van der Waals surface area contributed by atoms with Crippen molar-refractivity contribution in [3.05, 3.63) is 11.3 Å². The maximum atomic E-state index is 11.9. The number of carbonyl (C=O) groups is 3. The van der Waals surface area contributed by atoms with Gasteiger partial charge in [0.1, 0.15) is 24.8 Å². The molecule has 0 bridgehead atoms. The molecule has 2 aliphatic rings. The zero-order chi connectivity index (χ0) is 14.9. The number of carboxylic acid groups (broad SMARTS) is 1. The van der Waals surface area contributed by atoms with E-state index in [1.807, 2.05) is 0 Å². The van der Waals surface area contributed by atoms with Gasteiger partial charge in [0.05, 0.1) is 0 Å². The second-order valence-electron chi connectivity index (χ2n) is 4.04. The summed E-state index contributed by atoms with van der Waals surface area (Å²) in [6, 6.07) is 0. The number of esters is 1. The number of β-lactam (4-membered cyclic amide) rings is 1. The molecule has 0 spiro atoms. The molecular weight excluding hydrogens is 288 g/mol. The summed E-state index contributed by atoms with van der Waals surface area (Å²) in [6.07, 6.45) is 0. The number of carboxylic acids is 1. The van der Waals surface area contributed by atoms with Crippen LogP contribution in [0.2, 0.25) is 0 Å². The summed E-state index contributed by atoms with van der Waals surface area (Å²) >= 11 is 1.33. The van der Waals surface area contributed by atoms with E-state index < -0.39 is 23.2 Å². The summed E-state index contributed by atoms with van der Waals surface area (Å²) in [5.74, 6) is -1.92. The summed E-state index contributed by atoms with van der Waals surface area (Å²) in [6.45, 7) is 1.09. The van der Waals surface area contributed by atoms with Crippen molar-refractivity contribution < 1.29 is 29.1 Å². The number of amides is 1. The first-order chi connectivity index (χ1) is 9.47. The van der Waals surface area contributed by atoms with Crippen LogP contribution in [0.1, 0.15) is 6.92 Å². The van der Waals surface area contributed by atoms with Gasteiger partial charge in [-0.3, -0.25) is 14.5 Å². The number of fused-ring (bicyclic) bond motifs is 1. The molecule has 0 aromatic heterocycles. The fourth-order valence-electron chi connectivity index (χ4n) is 1.92. The highest BCUT2D eigenvalue weighted by Gasteiger charge is 2.51. The van der Waals surface area contributed by atoms with Crippen molar-refractivity contribution in [2.24, 2.45) is 5.16 Å². The Morgan fingerprint density at radius 2 is 2.25 bits per heavy atom. The molecule has 2 rings (SSSR count). The van der Waals surface area contributed by atoms with E-state index in [0.717, 1.165) is 4.90 Å². The van der Waals surface area contributed by atoms with Gasteiger partial charge >= 0.3 is 11.9 Å². The molecule has 20 heavy (non-hydrogen) atoms. The highest BCUT2D eigenvalue weighted by molar-refractivity contribution is 8.01. The number of rotatable bonds is 4. The Morgan fingerprint density at radius 1 is 1.55 bits per heavy atom. The molecule has 0 aliphatic carbocycles. The summed E-state index contributed by atoms with van der Waals surface area (Å²) in [5.41, 5.74) is 0.427. The smallest absolute Gasteiger partial charge is 0.352 e. The number of carbonyl (C=O) groups excluding carboxylic acids is 2. The van der Waals surface area contributed by atoms with Crippen LogP contribution in [0.15, 0.2) is 16.4 Å². The third-order valence-corrected chi connectivity index (χ3v) is 4.00. The number of hydrogen-bond acceptors (Lipinski definition) is 7. The highest BCUT2D eigenvalue weighted by Crippen LogP contribution is 2.38. The quantitative estimate of drug-likeness (QED) is 0.435. The molecule has 1 amide bonds. The van der Waals surface area contributed by atoms with Gasteiger partial charge in [-0.1, -0.05) is 5.16 Å². The first kappa shape index (κ1) is 14.4. The van der Waals surface area contributed by atoms with E-state index in [-0.39, 0.29) is 18.0 Å². The Labute approximate surface area is 118 Å².